The first-order chi connectivity index (χ1) is 9.72. The van der Waals surface area contributed by atoms with Gasteiger partial charge in [-0.05, 0) is 31.6 Å². The van der Waals surface area contributed by atoms with E-state index in [0.29, 0.717) is 12.0 Å². The molecule has 1 fully saturated rings. The van der Waals surface area contributed by atoms with Gasteiger partial charge in [0.05, 0.1) is 6.10 Å². The lowest BCUT2D eigenvalue weighted by molar-refractivity contribution is 0.0134. The van der Waals surface area contributed by atoms with Crippen molar-refractivity contribution in [2.24, 2.45) is 0 Å². The molecule has 0 aliphatic carbocycles. The van der Waals surface area contributed by atoms with E-state index in [0.717, 1.165) is 36.8 Å². The van der Waals surface area contributed by atoms with E-state index < -0.39 is 0 Å². The number of hydrogen-bond acceptors (Lipinski definition) is 5. The van der Waals surface area contributed by atoms with Gasteiger partial charge in [0.1, 0.15) is 18.0 Å². The van der Waals surface area contributed by atoms with Crippen molar-refractivity contribution in [3.05, 3.63) is 11.9 Å². The van der Waals surface area contributed by atoms with E-state index >= 15 is 0 Å². The maximum absolute atomic E-state index is 5.75. The first-order valence-electron chi connectivity index (χ1n) is 7.60. The molecule has 0 radical (unpaired) electrons. The molecule has 0 aromatic carbocycles. The van der Waals surface area contributed by atoms with Gasteiger partial charge in [-0.15, -0.1) is 0 Å². The number of nitrogens with zero attached hydrogens (tertiary/aromatic N) is 2. The molecule has 0 bridgehead atoms. The van der Waals surface area contributed by atoms with E-state index in [4.69, 9.17) is 4.74 Å². The number of nitrogens with one attached hydrogen (secondary N) is 2. The van der Waals surface area contributed by atoms with Crippen LogP contribution in [-0.4, -0.2) is 36.3 Å². The molecule has 0 saturated carbocycles. The van der Waals surface area contributed by atoms with Crippen molar-refractivity contribution in [1.82, 2.24) is 9.97 Å². The molecule has 20 heavy (non-hydrogen) atoms. The summed E-state index contributed by atoms with van der Waals surface area (Å²) in [5.74, 6) is 2.23. The summed E-state index contributed by atoms with van der Waals surface area (Å²) in [5.41, 5.74) is 1.15. The fourth-order valence-corrected chi connectivity index (χ4v) is 2.67. The molecular formula is C15H26N4O. The fourth-order valence-electron chi connectivity index (χ4n) is 2.67. The van der Waals surface area contributed by atoms with E-state index in [-0.39, 0.29) is 0 Å². The molecule has 1 aliphatic heterocycles. The summed E-state index contributed by atoms with van der Waals surface area (Å²) < 4.78 is 5.75. The van der Waals surface area contributed by atoms with Crippen LogP contribution in [0.5, 0.6) is 0 Å². The molecule has 5 heteroatoms. The lowest BCUT2D eigenvalue weighted by atomic mass is 10.0. The van der Waals surface area contributed by atoms with Gasteiger partial charge in [-0.3, -0.25) is 0 Å². The van der Waals surface area contributed by atoms with E-state index in [9.17, 15) is 0 Å². The smallest absolute Gasteiger partial charge is 0.134 e. The molecule has 5 nitrogen and oxygen atoms in total. The molecule has 1 aromatic rings. The zero-order chi connectivity index (χ0) is 14.4. The number of rotatable bonds is 6. The summed E-state index contributed by atoms with van der Waals surface area (Å²) in [4.78, 5) is 8.68. The lowest BCUT2D eigenvalue weighted by Crippen LogP contribution is -2.22. The third-order valence-electron chi connectivity index (χ3n) is 3.73. The van der Waals surface area contributed by atoms with Gasteiger partial charge in [0, 0.05) is 25.8 Å². The Labute approximate surface area is 121 Å². The summed E-state index contributed by atoms with van der Waals surface area (Å²) in [6, 6.07) is 0. The van der Waals surface area contributed by atoms with Crippen molar-refractivity contribution < 1.29 is 4.74 Å². The summed E-state index contributed by atoms with van der Waals surface area (Å²) in [6.45, 7) is 6.13. The zero-order valence-corrected chi connectivity index (χ0v) is 12.8. The first-order valence-corrected chi connectivity index (χ1v) is 7.60. The monoisotopic (exact) mass is 278 g/mol. The van der Waals surface area contributed by atoms with Gasteiger partial charge < -0.3 is 15.4 Å². The Morgan fingerprint density at radius 2 is 2.10 bits per heavy atom. The third-order valence-corrected chi connectivity index (χ3v) is 3.73. The van der Waals surface area contributed by atoms with Crippen LogP contribution in [0.25, 0.3) is 0 Å². The second kappa shape index (κ2) is 7.43. The Morgan fingerprint density at radius 3 is 2.75 bits per heavy atom. The van der Waals surface area contributed by atoms with Gasteiger partial charge in [0.25, 0.3) is 0 Å². The quantitative estimate of drug-likeness (QED) is 0.837. The maximum Gasteiger partial charge on any atom is 0.134 e. The molecule has 1 saturated heterocycles. The first kappa shape index (κ1) is 15.0. The summed E-state index contributed by atoms with van der Waals surface area (Å²) >= 11 is 0. The van der Waals surface area contributed by atoms with Crippen molar-refractivity contribution in [3.8, 4) is 0 Å². The average molecular weight is 278 g/mol. The van der Waals surface area contributed by atoms with Crippen LogP contribution in [0.15, 0.2) is 6.33 Å². The topological polar surface area (TPSA) is 59.1 Å². The average Bonchev–Trinajstić information content (AvgIpc) is 2.47. The van der Waals surface area contributed by atoms with E-state index in [1.807, 2.05) is 7.05 Å². The number of hydrogen-bond donors (Lipinski definition) is 2. The Hall–Kier alpha value is -1.36. The van der Waals surface area contributed by atoms with Crippen LogP contribution in [0.4, 0.5) is 11.6 Å². The van der Waals surface area contributed by atoms with E-state index in [2.05, 4.69) is 34.4 Å². The zero-order valence-electron chi connectivity index (χ0n) is 12.8. The van der Waals surface area contributed by atoms with Gasteiger partial charge >= 0.3 is 0 Å². The van der Waals surface area contributed by atoms with Crippen molar-refractivity contribution in [3.63, 3.8) is 0 Å². The Morgan fingerprint density at radius 1 is 1.30 bits per heavy atom. The molecule has 0 amide bonds. The predicted octanol–water partition coefficient (Wildman–Crippen LogP) is 3.01. The highest BCUT2D eigenvalue weighted by Gasteiger charge is 2.16. The number of aromatic nitrogens is 2. The third kappa shape index (κ3) is 3.82. The second-order valence-corrected chi connectivity index (χ2v) is 5.59. The predicted molar refractivity (Wildman–Crippen MR) is 82.4 cm³/mol. The Kier molecular flexibility index (Phi) is 5.59. The summed E-state index contributed by atoms with van der Waals surface area (Å²) in [6.07, 6.45) is 6.74. The van der Waals surface area contributed by atoms with E-state index in [1.54, 1.807) is 6.33 Å². The van der Waals surface area contributed by atoms with Crippen LogP contribution in [-0.2, 0) is 4.74 Å². The standard InChI is InChI=1S/C15H26N4O/c1-11(2)13-14(16-3)18-10-19-15(13)17-8-7-12-6-4-5-9-20-12/h10-12H,4-9H2,1-3H3,(H2,16,17,18,19). The lowest BCUT2D eigenvalue weighted by Gasteiger charge is -2.23. The molecule has 1 unspecified atom stereocenters. The maximum atomic E-state index is 5.75. The molecule has 112 valence electrons. The number of anilines is 2. The minimum atomic E-state index is 0.382. The minimum Gasteiger partial charge on any atom is -0.378 e. The van der Waals surface area contributed by atoms with Gasteiger partial charge in [-0.2, -0.15) is 0 Å². The molecule has 2 N–H and O–H groups in total. The summed E-state index contributed by atoms with van der Waals surface area (Å²) in [7, 11) is 1.90. The summed E-state index contributed by atoms with van der Waals surface area (Å²) in [5, 5.41) is 6.59. The normalized spacial score (nSPS) is 19.1. The van der Waals surface area contributed by atoms with Gasteiger partial charge in [0.2, 0.25) is 0 Å². The van der Waals surface area contributed by atoms with Gasteiger partial charge in [0.15, 0.2) is 0 Å². The van der Waals surface area contributed by atoms with Crippen LogP contribution < -0.4 is 10.6 Å². The SMILES string of the molecule is CNc1ncnc(NCCC2CCCCO2)c1C(C)C. The molecule has 1 aromatic heterocycles. The molecule has 2 rings (SSSR count). The van der Waals surface area contributed by atoms with Crippen molar-refractivity contribution in [2.75, 3.05) is 30.8 Å². The van der Waals surface area contributed by atoms with Crippen molar-refractivity contribution in [2.45, 2.75) is 51.6 Å². The van der Waals surface area contributed by atoms with Crippen molar-refractivity contribution >= 4 is 11.6 Å². The minimum absolute atomic E-state index is 0.382. The van der Waals surface area contributed by atoms with Crippen molar-refractivity contribution in [1.29, 1.82) is 0 Å². The Bertz CT molecular complexity index is 416. The second-order valence-electron chi connectivity index (χ2n) is 5.59. The molecule has 2 heterocycles. The van der Waals surface area contributed by atoms with Crippen LogP contribution in [0.2, 0.25) is 0 Å². The van der Waals surface area contributed by atoms with Crippen LogP contribution in [0, 0.1) is 0 Å². The highest BCUT2D eigenvalue weighted by Crippen LogP contribution is 2.28. The van der Waals surface area contributed by atoms with Crippen LogP contribution in [0.1, 0.15) is 51.0 Å². The molecule has 0 spiro atoms. The fraction of sp³-hybridized carbons (Fsp3) is 0.733. The Balaban J connectivity index is 1.94. The van der Waals surface area contributed by atoms with Gasteiger partial charge in [-0.1, -0.05) is 13.8 Å². The molecular weight excluding hydrogens is 252 g/mol. The molecule has 1 aliphatic rings. The van der Waals surface area contributed by atoms with Crippen LogP contribution in [0.3, 0.4) is 0 Å². The largest absolute Gasteiger partial charge is 0.378 e. The highest BCUT2D eigenvalue weighted by atomic mass is 16.5. The highest BCUT2D eigenvalue weighted by molar-refractivity contribution is 5.58. The number of ether oxygens (including phenoxy) is 1. The molecule has 1 atom stereocenters. The van der Waals surface area contributed by atoms with Crippen LogP contribution >= 0.6 is 0 Å². The van der Waals surface area contributed by atoms with E-state index in [1.165, 1.54) is 19.3 Å². The van der Waals surface area contributed by atoms with Gasteiger partial charge in [-0.25, -0.2) is 9.97 Å².